The van der Waals surface area contributed by atoms with Crippen LogP contribution < -0.4 is 0 Å². The summed E-state index contributed by atoms with van der Waals surface area (Å²) in [5.41, 5.74) is 1.07. The summed E-state index contributed by atoms with van der Waals surface area (Å²) in [5, 5.41) is 0.756. The number of piperidine rings is 1. The average molecular weight is 240 g/mol. The predicted octanol–water partition coefficient (Wildman–Crippen LogP) is 3.50. The molecule has 0 radical (unpaired) electrons. The average Bonchev–Trinajstić information content (AvgIpc) is 2.29. The highest BCUT2D eigenvalue weighted by molar-refractivity contribution is 7.80. The molecule has 0 spiro atoms. The highest BCUT2D eigenvalue weighted by Crippen LogP contribution is 2.16. The smallest absolute Gasteiger partial charge is 0.109 e. The fourth-order valence-corrected chi connectivity index (χ4v) is 2.40. The van der Waals surface area contributed by atoms with E-state index in [1.807, 2.05) is 24.3 Å². The van der Waals surface area contributed by atoms with E-state index in [9.17, 15) is 0 Å². The van der Waals surface area contributed by atoms with Crippen LogP contribution in [-0.4, -0.2) is 23.0 Å². The number of hydrogen-bond donors (Lipinski definition) is 0. The van der Waals surface area contributed by atoms with E-state index in [4.69, 9.17) is 23.8 Å². The second-order valence-corrected chi connectivity index (χ2v) is 4.69. The first-order chi connectivity index (χ1) is 7.27. The summed E-state index contributed by atoms with van der Waals surface area (Å²) in [6, 6.07) is 7.80. The molecule has 3 heteroatoms. The zero-order chi connectivity index (χ0) is 10.7. The van der Waals surface area contributed by atoms with E-state index in [0.717, 1.165) is 28.7 Å². The molecule has 0 aromatic heterocycles. The minimum atomic E-state index is 0.756. The molecule has 1 aromatic carbocycles. The molecule has 0 amide bonds. The minimum absolute atomic E-state index is 0.756. The summed E-state index contributed by atoms with van der Waals surface area (Å²) in [4.78, 5) is 3.22. The topological polar surface area (TPSA) is 3.24 Å². The number of rotatable bonds is 1. The Morgan fingerprint density at radius 1 is 1.20 bits per heavy atom. The Balaban J connectivity index is 2.12. The fourth-order valence-electron chi connectivity index (χ4n) is 1.90. The SMILES string of the molecule is S=C(c1cccc(Cl)c1)N1CCCCC1. The first-order valence-electron chi connectivity index (χ1n) is 5.32. The molecule has 1 heterocycles. The van der Waals surface area contributed by atoms with E-state index in [2.05, 4.69) is 4.90 Å². The second-order valence-electron chi connectivity index (χ2n) is 3.86. The van der Waals surface area contributed by atoms with Gasteiger partial charge in [-0.2, -0.15) is 0 Å². The molecule has 0 atom stereocenters. The number of thiocarbonyl (C=S) groups is 1. The number of likely N-dealkylation sites (tertiary alicyclic amines) is 1. The van der Waals surface area contributed by atoms with Gasteiger partial charge in [0.2, 0.25) is 0 Å². The third-order valence-electron chi connectivity index (χ3n) is 2.71. The first kappa shape index (κ1) is 10.9. The van der Waals surface area contributed by atoms with Gasteiger partial charge in [0, 0.05) is 23.7 Å². The van der Waals surface area contributed by atoms with Crippen LogP contribution in [0.4, 0.5) is 0 Å². The summed E-state index contributed by atoms with van der Waals surface area (Å²) >= 11 is 11.4. The molecular formula is C12H14ClNS. The predicted molar refractivity (Wildman–Crippen MR) is 68.6 cm³/mol. The van der Waals surface area contributed by atoms with Crippen LogP contribution in [0.15, 0.2) is 24.3 Å². The molecule has 80 valence electrons. The monoisotopic (exact) mass is 239 g/mol. The zero-order valence-corrected chi connectivity index (χ0v) is 10.2. The summed E-state index contributed by atoms with van der Waals surface area (Å²) in [6.07, 6.45) is 3.83. The maximum atomic E-state index is 5.95. The van der Waals surface area contributed by atoms with Crippen LogP contribution in [-0.2, 0) is 0 Å². The van der Waals surface area contributed by atoms with Gasteiger partial charge in [-0.05, 0) is 31.4 Å². The van der Waals surface area contributed by atoms with Gasteiger partial charge in [-0.25, -0.2) is 0 Å². The van der Waals surface area contributed by atoms with Crippen LogP contribution in [0.3, 0.4) is 0 Å². The summed E-state index contributed by atoms with van der Waals surface area (Å²) in [6.45, 7) is 2.18. The molecule has 1 fully saturated rings. The Morgan fingerprint density at radius 2 is 1.93 bits per heavy atom. The van der Waals surface area contributed by atoms with Crippen molar-refractivity contribution >= 4 is 28.8 Å². The number of nitrogens with zero attached hydrogens (tertiary/aromatic N) is 1. The molecule has 1 aliphatic rings. The van der Waals surface area contributed by atoms with Gasteiger partial charge < -0.3 is 4.90 Å². The zero-order valence-electron chi connectivity index (χ0n) is 8.58. The second kappa shape index (κ2) is 4.95. The van der Waals surface area contributed by atoms with Gasteiger partial charge in [0.05, 0.1) is 0 Å². The van der Waals surface area contributed by atoms with Gasteiger partial charge >= 0.3 is 0 Å². The molecular weight excluding hydrogens is 226 g/mol. The van der Waals surface area contributed by atoms with Crippen molar-refractivity contribution in [2.45, 2.75) is 19.3 Å². The molecule has 15 heavy (non-hydrogen) atoms. The van der Waals surface area contributed by atoms with Gasteiger partial charge in [-0.1, -0.05) is 36.0 Å². The standard InChI is InChI=1S/C12H14ClNS/c13-11-6-4-5-10(9-11)12(15)14-7-2-1-3-8-14/h4-6,9H,1-3,7-8H2. The number of benzene rings is 1. The molecule has 0 bridgehead atoms. The largest absolute Gasteiger partial charge is 0.362 e. The van der Waals surface area contributed by atoms with E-state index in [-0.39, 0.29) is 0 Å². The van der Waals surface area contributed by atoms with Crippen molar-refractivity contribution in [2.75, 3.05) is 13.1 Å². The molecule has 0 unspecified atom stereocenters. The third-order valence-corrected chi connectivity index (χ3v) is 3.44. The van der Waals surface area contributed by atoms with Gasteiger partial charge in [-0.15, -0.1) is 0 Å². The summed E-state index contributed by atoms with van der Waals surface area (Å²) in [5.74, 6) is 0. The van der Waals surface area contributed by atoms with Crippen molar-refractivity contribution in [2.24, 2.45) is 0 Å². The van der Waals surface area contributed by atoms with Gasteiger partial charge in [0.15, 0.2) is 0 Å². The van der Waals surface area contributed by atoms with E-state index in [0.29, 0.717) is 0 Å². The lowest BCUT2D eigenvalue weighted by atomic mass is 10.1. The van der Waals surface area contributed by atoms with Crippen LogP contribution in [0.2, 0.25) is 5.02 Å². The van der Waals surface area contributed by atoms with E-state index < -0.39 is 0 Å². The van der Waals surface area contributed by atoms with Crippen LogP contribution in [0.1, 0.15) is 24.8 Å². The third kappa shape index (κ3) is 2.70. The van der Waals surface area contributed by atoms with Crippen molar-refractivity contribution in [1.29, 1.82) is 0 Å². The Hall–Kier alpha value is -0.600. The van der Waals surface area contributed by atoms with Crippen LogP contribution in [0, 0.1) is 0 Å². The molecule has 0 N–H and O–H groups in total. The van der Waals surface area contributed by atoms with Crippen molar-refractivity contribution in [3.8, 4) is 0 Å². The summed E-state index contributed by atoms with van der Waals surface area (Å²) < 4.78 is 0. The quantitative estimate of drug-likeness (QED) is 0.690. The fraction of sp³-hybridized carbons (Fsp3) is 0.417. The maximum Gasteiger partial charge on any atom is 0.109 e. The van der Waals surface area contributed by atoms with Gasteiger partial charge in [0.1, 0.15) is 4.99 Å². The van der Waals surface area contributed by atoms with Crippen molar-refractivity contribution < 1.29 is 0 Å². The minimum Gasteiger partial charge on any atom is -0.362 e. The maximum absolute atomic E-state index is 5.95. The van der Waals surface area contributed by atoms with Crippen LogP contribution in [0.25, 0.3) is 0 Å². The highest BCUT2D eigenvalue weighted by Gasteiger charge is 2.14. The van der Waals surface area contributed by atoms with E-state index in [1.165, 1.54) is 19.3 Å². The van der Waals surface area contributed by atoms with Crippen molar-refractivity contribution in [3.05, 3.63) is 34.9 Å². The van der Waals surface area contributed by atoms with Gasteiger partial charge in [0.25, 0.3) is 0 Å². The van der Waals surface area contributed by atoms with E-state index >= 15 is 0 Å². The molecule has 0 aliphatic carbocycles. The number of halogens is 1. The lowest BCUT2D eigenvalue weighted by Gasteiger charge is -2.29. The molecule has 1 saturated heterocycles. The molecule has 2 rings (SSSR count). The molecule has 1 aromatic rings. The normalized spacial score (nSPS) is 16.5. The van der Waals surface area contributed by atoms with Crippen LogP contribution in [0.5, 0.6) is 0 Å². The van der Waals surface area contributed by atoms with Gasteiger partial charge in [-0.3, -0.25) is 0 Å². The molecule has 1 nitrogen and oxygen atoms in total. The van der Waals surface area contributed by atoms with Crippen molar-refractivity contribution in [1.82, 2.24) is 4.90 Å². The molecule has 1 aliphatic heterocycles. The Labute approximate surface area is 101 Å². The Morgan fingerprint density at radius 3 is 2.60 bits per heavy atom. The number of hydrogen-bond acceptors (Lipinski definition) is 1. The lowest BCUT2D eigenvalue weighted by Crippen LogP contribution is -2.34. The van der Waals surface area contributed by atoms with Crippen molar-refractivity contribution in [3.63, 3.8) is 0 Å². The first-order valence-corrected chi connectivity index (χ1v) is 6.11. The summed E-state index contributed by atoms with van der Waals surface area (Å²) in [7, 11) is 0. The highest BCUT2D eigenvalue weighted by atomic mass is 35.5. The van der Waals surface area contributed by atoms with E-state index in [1.54, 1.807) is 0 Å². The Bertz CT molecular complexity index is 358. The van der Waals surface area contributed by atoms with Crippen LogP contribution >= 0.6 is 23.8 Å². The molecule has 0 saturated carbocycles. The Kier molecular flexibility index (Phi) is 3.60. The lowest BCUT2D eigenvalue weighted by molar-refractivity contribution is 0.347.